The first kappa shape index (κ1) is 11.6. The molecule has 1 aromatic rings. The van der Waals surface area contributed by atoms with Crippen LogP contribution in [0.2, 0.25) is 0 Å². The van der Waals surface area contributed by atoms with Crippen molar-refractivity contribution in [1.82, 2.24) is 10.2 Å². The number of nitrogens with zero attached hydrogens (tertiary/aromatic N) is 1. The minimum Gasteiger partial charge on any atom is -0.317 e. The van der Waals surface area contributed by atoms with E-state index in [0.29, 0.717) is 6.04 Å². The monoisotopic (exact) mass is 218 g/mol. The number of rotatable bonds is 3. The van der Waals surface area contributed by atoms with E-state index in [1.807, 2.05) is 0 Å². The van der Waals surface area contributed by atoms with Crippen LogP contribution in [-0.4, -0.2) is 32.1 Å². The molecule has 0 radical (unpaired) electrons. The highest BCUT2D eigenvalue weighted by Crippen LogP contribution is 2.22. The Morgan fingerprint density at radius 3 is 2.81 bits per heavy atom. The Morgan fingerprint density at radius 1 is 1.31 bits per heavy atom. The maximum absolute atomic E-state index is 3.38. The Morgan fingerprint density at radius 2 is 2.12 bits per heavy atom. The van der Waals surface area contributed by atoms with Gasteiger partial charge in [-0.25, -0.2) is 0 Å². The first-order valence-electron chi connectivity index (χ1n) is 6.11. The quantitative estimate of drug-likeness (QED) is 0.832. The Balaban J connectivity index is 2.15. The molecular weight excluding hydrogens is 196 g/mol. The van der Waals surface area contributed by atoms with Gasteiger partial charge in [-0.05, 0) is 57.1 Å². The Hall–Kier alpha value is -0.860. The van der Waals surface area contributed by atoms with Crippen molar-refractivity contribution in [1.29, 1.82) is 0 Å². The van der Waals surface area contributed by atoms with E-state index in [2.05, 4.69) is 49.6 Å². The molecule has 0 aromatic heterocycles. The molecule has 0 amide bonds. The molecule has 1 N–H and O–H groups in total. The molecule has 0 spiro atoms. The number of nitrogens with one attached hydrogen (secondary N) is 1. The smallest absolute Gasteiger partial charge is 0.0227 e. The summed E-state index contributed by atoms with van der Waals surface area (Å²) in [6.07, 6.45) is 3.69. The Kier molecular flexibility index (Phi) is 3.62. The molecule has 1 aliphatic carbocycles. The molecule has 1 unspecified atom stereocenters. The summed E-state index contributed by atoms with van der Waals surface area (Å²) in [5.41, 5.74) is 4.53. The summed E-state index contributed by atoms with van der Waals surface area (Å²) in [5.74, 6) is 0. The van der Waals surface area contributed by atoms with Gasteiger partial charge in [-0.1, -0.05) is 18.2 Å². The van der Waals surface area contributed by atoms with Gasteiger partial charge in [-0.2, -0.15) is 0 Å². The molecule has 0 heterocycles. The topological polar surface area (TPSA) is 15.3 Å². The van der Waals surface area contributed by atoms with Crippen molar-refractivity contribution in [2.45, 2.75) is 31.8 Å². The van der Waals surface area contributed by atoms with Crippen LogP contribution < -0.4 is 5.32 Å². The van der Waals surface area contributed by atoms with Crippen molar-refractivity contribution < 1.29 is 0 Å². The summed E-state index contributed by atoms with van der Waals surface area (Å²) in [7, 11) is 6.31. The highest BCUT2D eigenvalue weighted by molar-refractivity contribution is 5.34. The van der Waals surface area contributed by atoms with Crippen molar-refractivity contribution in [3.05, 3.63) is 34.9 Å². The maximum atomic E-state index is 3.38. The van der Waals surface area contributed by atoms with Gasteiger partial charge < -0.3 is 10.2 Å². The van der Waals surface area contributed by atoms with Gasteiger partial charge >= 0.3 is 0 Å². The molecule has 0 saturated carbocycles. The Labute approximate surface area is 98.7 Å². The van der Waals surface area contributed by atoms with Crippen molar-refractivity contribution in [3.63, 3.8) is 0 Å². The van der Waals surface area contributed by atoms with E-state index in [1.165, 1.54) is 30.4 Å². The first-order chi connectivity index (χ1) is 7.69. The van der Waals surface area contributed by atoms with Crippen LogP contribution in [0.15, 0.2) is 18.2 Å². The maximum Gasteiger partial charge on any atom is 0.0227 e. The van der Waals surface area contributed by atoms with Gasteiger partial charge in [0.15, 0.2) is 0 Å². The second kappa shape index (κ2) is 4.98. The summed E-state index contributed by atoms with van der Waals surface area (Å²) in [4.78, 5) is 2.22. The molecule has 1 aromatic carbocycles. The molecule has 2 heteroatoms. The largest absolute Gasteiger partial charge is 0.317 e. The lowest BCUT2D eigenvalue weighted by Crippen LogP contribution is -2.31. The van der Waals surface area contributed by atoms with Crippen molar-refractivity contribution in [3.8, 4) is 0 Å². The average molecular weight is 218 g/mol. The number of hydrogen-bond donors (Lipinski definition) is 1. The van der Waals surface area contributed by atoms with Crippen molar-refractivity contribution >= 4 is 0 Å². The fourth-order valence-electron chi connectivity index (χ4n) is 2.52. The van der Waals surface area contributed by atoms with E-state index in [0.717, 1.165) is 6.54 Å². The SMILES string of the molecule is CNC1CCc2cc(CN(C)C)ccc2C1. The lowest BCUT2D eigenvalue weighted by Gasteiger charge is -2.25. The molecule has 2 nitrogen and oxygen atoms in total. The summed E-state index contributed by atoms with van der Waals surface area (Å²) < 4.78 is 0. The van der Waals surface area contributed by atoms with Gasteiger partial charge in [0.2, 0.25) is 0 Å². The van der Waals surface area contributed by atoms with Crippen LogP contribution >= 0.6 is 0 Å². The normalized spacial score (nSPS) is 19.9. The zero-order valence-electron chi connectivity index (χ0n) is 10.6. The predicted octanol–water partition coefficient (Wildman–Crippen LogP) is 1.82. The van der Waals surface area contributed by atoms with Crippen LogP contribution in [0.5, 0.6) is 0 Å². The van der Waals surface area contributed by atoms with Gasteiger partial charge in [0.05, 0.1) is 0 Å². The van der Waals surface area contributed by atoms with E-state index in [4.69, 9.17) is 0 Å². The molecule has 2 rings (SSSR count). The van der Waals surface area contributed by atoms with Crippen LogP contribution in [0.4, 0.5) is 0 Å². The molecular formula is C14H22N2. The third-order valence-corrected chi connectivity index (χ3v) is 3.41. The molecule has 0 fully saturated rings. The van der Waals surface area contributed by atoms with Crippen LogP contribution in [0.25, 0.3) is 0 Å². The highest BCUT2D eigenvalue weighted by Gasteiger charge is 2.17. The highest BCUT2D eigenvalue weighted by atomic mass is 15.0. The molecule has 16 heavy (non-hydrogen) atoms. The molecule has 88 valence electrons. The van der Waals surface area contributed by atoms with E-state index in [-0.39, 0.29) is 0 Å². The third-order valence-electron chi connectivity index (χ3n) is 3.41. The third kappa shape index (κ3) is 2.63. The fraction of sp³-hybridized carbons (Fsp3) is 0.571. The second-order valence-electron chi connectivity index (χ2n) is 5.07. The standard InChI is InChI=1S/C14H22N2/c1-15-14-7-6-12-8-11(10-16(2)3)4-5-13(12)9-14/h4-5,8,14-15H,6-7,9-10H2,1-3H3. The first-order valence-corrected chi connectivity index (χ1v) is 6.11. The van der Waals surface area contributed by atoms with Gasteiger partial charge in [-0.3, -0.25) is 0 Å². The summed E-state index contributed by atoms with van der Waals surface area (Å²) >= 11 is 0. The minimum atomic E-state index is 0.673. The molecule has 0 aliphatic heterocycles. The van der Waals surface area contributed by atoms with Crippen LogP contribution in [0.1, 0.15) is 23.1 Å². The molecule has 0 saturated heterocycles. The van der Waals surface area contributed by atoms with Gasteiger partial charge in [0, 0.05) is 12.6 Å². The summed E-state index contributed by atoms with van der Waals surface area (Å²) in [6.45, 7) is 1.04. The second-order valence-corrected chi connectivity index (χ2v) is 5.07. The van der Waals surface area contributed by atoms with E-state index in [1.54, 1.807) is 5.56 Å². The van der Waals surface area contributed by atoms with E-state index < -0.39 is 0 Å². The number of hydrogen-bond acceptors (Lipinski definition) is 2. The van der Waals surface area contributed by atoms with Crippen molar-refractivity contribution in [2.24, 2.45) is 0 Å². The van der Waals surface area contributed by atoms with Crippen molar-refractivity contribution in [2.75, 3.05) is 21.1 Å². The number of benzene rings is 1. The minimum absolute atomic E-state index is 0.673. The average Bonchev–Trinajstić information content (AvgIpc) is 2.27. The lowest BCUT2D eigenvalue weighted by molar-refractivity contribution is 0.402. The van der Waals surface area contributed by atoms with Crippen LogP contribution in [0, 0.1) is 0 Å². The number of aryl methyl sites for hydroxylation is 1. The van der Waals surface area contributed by atoms with E-state index >= 15 is 0 Å². The van der Waals surface area contributed by atoms with E-state index in [9.17, 15) is 0 Å². The zero-order valence-corrected chi connectivity index (χ0v) is 10.6. The molecule has 1 atom stereocenters. The molecule has 0 bridgehead atoms. The zero-order chi connectivity index (χ0) is 11.5. The van der Waals surface area contributed by atoms with Gasteiger partial charge in [0.1, 0.15) is 0 Å². The molecule has 1 aliphatic rings. The number of fused-ring (bicyclic) bond motifs is 1. The predicted molar refractivity (Wildman–Crippen MR) is 68.7 cm³/mol. The summed E-state index contributed by atoms with van der Waals surface area (Å²) in [6, 6.07) is 7.66. The van der Waals surface area contributed by atoms with Gasteiger partial charge in [0.25, 0.3) is 0 Å². The van der Waals surface area contributed by atoms with Gasteiger partial charge in [-0.15, -0.1) is 0 Å². The van der Waals surface area contributed by atoms with Crippen LogP contribution in [0.3, 0.4) is 0 Å². The Bertz CT molecular complexity index is 358. The fourth-order valence-corrected chi connectivity index (χ4v) is 2.52. The lowest BCUT2D eigenvalue weighted by atomic mass is 9.87. The summed E-state index contributed by atoms with van der Waals surface area (Å²) in [5, 5.41) is 3.38. The number of likely N-dealkylation sites (N-methyl/N-ethyl adjacent to an activating group) is 1. The van der Waals surface area contributed by atoms with Crippen LogP contribution in [-0.2, 0) is 19.4 Å².